The van der Waals surface area contributed by atoms with Crippen molar-refractivity contribution in [2.24, 2.45) is 0 Å². The molecule has 0 spiro atoms. The first-order chi connectivity index (χ1) is 7.58. The third-order valence-electron chi connectivity index (χ3n) is 1.84. The minimum absolute atomic E-state index is 0.0515. The van der Waals surface area contributed by atoms with Crippen molar-refractivity contribution in [2.45, 2.75) is 0 Å². The molecule has 0 fully saturated rings. The first-order valence-electron chi connectivity index (χ1n) is 4.17. The molecule has 2 aromatic rings. The molecule has 0 aliphatic heterocycles. The first-order valence-corrected chi connectivity index (χ1v) is 5.63. The van der Waals surface area contributed by atoms with Crippen LogP contribution in [0, 0.1) is 3.57 Å². The quantitative estimate of drug-likeness (QED) is 0.844. The van der Waals surface area contributed by atoms with E-state index in [1.54, 1.807) is 12.4 Å². The van der Waals surface area contributed by atoms with Gasteiger partial charge in [-0.25, -0.2) is 14.5 Å². The summed E-state index contributed by atoms with van der Waals surface area (Å²) >= 11 is 8.04. The summed E-state index contributed by atoms with van der Waals surface area (Å²) in [5.74, 6) is -0.648. The van der Waals surface area contributed by atoms with Crippen molar-refractivity contribution in [3.8, 4) is 5.82 Å². The van der Waals surface area contributed by atoms with Gasteiger partial charge in [0.15, 0.2) is 5.82 Å². The number of hydrogen-bond acceptors (Lipinski definition) is 3. The van der Waals surface area contributed by atoms with Gasteiger partial charge in [0.2, 0.25) is 0 Å². The Balaban J connectivity index is 2.47. The molecule has 1 N–H and O–H groups in total. The number of aromatic nitrogens is 3. The lowest BCUT2D eigenvalue weighted by atomic mass is 10.3. The predicted molar refractivity (Wildman–Crippen MR) is 66.0 cm³/mol. The summed E-state index contributed by atoms with van der Waals surface area (Å²) in [6.07, 6.45) is 4.65. The number of nitrogens with zero attached hydrogens (tertiary/aromatic N) is 3. The molecule has 0 aromatic carbocycles. The average molecular weight is 350 g/mol. The van der Waals surface area contributed by atoms with Crippen LogP contribution >= 0.6 is 34.2 Å². The Morgan fingerprint density at radius 1 is 1.50 bits per heavy atom. The Hall–Kier alpha value is -1.15. The van der Waals surface area contributed by atoms with Crippen LogP contribution in [0.5, 0.6) is 0 Å². The summed E-state index contributed by atoms with van der Waals surface area (Å²) in [4.78, 5) is 14.7. The van der Waals surface area contributed by atoms with Crippen LogP contribution in [0.4, 0.5) is 0 Å². The van der Waals surface area contributed by atoms with Crippen molar-refractivity contribution in [2.75, 3.05) is 0 Å². The zero-order chi connectivity index (χ0) is 11.7. The number of pyridine rings is 1. The highest BCUT2D eigenvalue weighted by atomic mass is 127. The number of carboxylic acids is 1. The molecule has 0 amide bonds. The molecule has 0 unspecified atom stereocenters. The zero-order valence-electron chi connectivity index (χ0n) is 7.76. The number of halogens is 2. The molecule has 2 rings (SSSR count). The largest absolute Gasteiger partial charge is 0.478 e. The van der Waals surface area contributed by atoms with Gasteiger partial charge >= 0.3 is 5.97 Å². The molecule has 0 bridgehead atoms. The van der Waals surface area contributed by atoms with Crippen molar-refractivity contribution in [3.63, 3.8) is 0 Å². The van der Waals surface area contributed by atoms with E-state index < -0.39 is 5.97 Å². The third kappa shape index (κ3) is 2.17. The third-order valence-corrected chi connectivity index (χ3v) is 2.67. The monoisotopic (exact) mass is 349 g/mol. The highest BCUT2D eigenvalue weighted by Gasteiger charge is 2.10. The second-order valence-corrected chi connectivity index (χ2v) is 4.59. The molecule has 0 aliphatic carbocycles. The van der Waals surface area contributed by atoms with Gasteiger partial charge in [-0.15, -0.1) is 0 Å². The Bertz CT molecular complexity index is 555. The smallest absolute Gasteiger partial charge is 0.337 e. The fourth-order valence-corrected chi connectivity index (χ4v) is 1.77. The van der Waals surface area contributed by atoms with Crippen LogP contribution in [-0.2, 0) is 0 Å². The van der Waals surface area contributed by atoms with Crippen LogP contribution in [0.1, 0.15) is 10.4 Å². The fourth-order valence-electron chi connectivity index (χ4n) is 1.13. The summed E-state index contributed by atoms with van der Waals surface area (Å²) < 4.78 is 2.44. The van der Waals surface area contributed by atoms with Gasteiger partial charge in [0.05, 0.1) is 20.4 Å². The summed E-state index contributed by atoms with van der Waals surface area (Å²) in [7, 11) is 0. The van der Waals surface area contributed by atoms with E-state index in [0.717, 1.165) is 3.57 Å². The maximum absolute atomic E-state index is 10.7. The predicted octanol–water partition coefficient (Wildman–Crippen LogP) is 2.22. The van der Waals surface area contributed by atoms with Gasteiger partial charge in [-0.2, -0.15) is 5.10 Å². The summed E-state index contributed by atoms with van der Waals surface area (Å²) in [6.45, 7) is 0. The van der Waals surface area contributed by atoms with Gasteiger partial charge in [-0.1, -0.05) is 11.6 Å². The molecule has 7 heteroatoms. The van der Waals surface area contributed by atoms with Crippen molar-refractivity contribution in [1.29, 1.82) is 0 Å². The van der Waals surface area contributed by atoms with Crippen molar-refractivity contribution < 1.29 is 9.90 Å². The van der Waals surface area contributed by atoms with E-state index in [-0.39, 0.29) is 10.6 Å². The topological polar surface area (TPSA) is 68.0 Å². The lowest BCUT2D eigenvalue weighted by Gasteiger charge is -2.03. The number of carbonyl (C=O) groups is 1. The number of hydrogen-bond donors (Lipinski definition) is 1. The minimum atomic E-state index is -1.06. The van der Waals surface area contributed by atoms with Crippen LogP contribution < -0.4 is 0 Å². The Labute approximate surface area is 109 Å². The fraction of sp³-hybridized carbons (Fsp3) is 0. The maximum atomic E-state index is 10.7. The standard InChI is InChI=1S/C9H5ClIN3O2/c10-7-1-5(9(15)16)2-12-8(7)14-4-6(11)3-13-14/h1-4H,(H,15,16). The molecule has 5 nitrogen and oxygen atoms in total. The lowest BCUT2D eigenvalue weighted by Crippen LogP contribution is -2.03. The molecule has 0 atom stereocenters. The second-order valence-electron chi connectivity index (χ2n) is 2.94. The van der Waals surface area contributed by atoms with Gasteiger partial charge in [0.1, 0.15) is 0 Å². The molecule has 2 heterocycles. The Morgan fingerprint density at radius 3 is 2.75 bits per heavy atom. The number of carboxylic acid groups (broad SMARTS) is 1. The van der Waals surface area contributed by atoms with Crippen LogP contribution in [0.15, 0.2) is 24.7 Å². The molecule has 16 heavy (non-hydrogen) atoms. The molecular weight excluding hydrogens is 344 g/mol. The van der Waals surface area contributed by atoms with Crippen LogP contribution in [0.25, 0.3) is 5.82 Å². The molecule has 2 aromatic heterocycles. The van der Waals surface area contributed by atoms with Gasteiger partial charge in [-0.05, 0) is 28.7 Å². The average Bonchev–Trinajstić information content (AvgIpc) is 2.64. The molecular formula is C9H5ClIN3O2. The highest BCUT2D eigenvalue weighted by Crippen LogP contribution is 2.19. The SMILES string of the molecule is O=C(O)c1cnc(-n2cc(I)cn2)c(Cl)c1. The Morgan fingerprint density at radius 2 is 2.25 bits per heavy atom. The summed E-state index contributed by atoms with van der Waals surface area (Å²) in [5, 5.41) is 13.0. The maximum Gasteiger partial charge on any atom is 0.337 e. The number of rotatable bonds is 2. The lowest BCUT2D eigenvalue weighted by molar-refractivity contribution is 0.0696. The van der Waals surface area contributed by atoms with E-state index >= 15 is 0 Å². The summed E-state index contributed by atoms with van der Waals surface area (Å²) in [6, 6.07) is 1.35. The van der Waals surface area contributed by atoms with Gasteiger partial charge in [0.25, 0.3) is 0 Å². The summed E-state index contributed by atoms with van der Waals surface area (Å²) in [5.41, 5.74) is 0.0515. The molecule has 0 saturated heterocycles. The van der Waals surface area contributed by atoms with Gasteiger partial charge < -0.3 is 5.11 Å². The zero-order valence-corrected chi connectivity index (χ0v) is 10.7. The van der Waals surface area contributed by atoms with E-state index in [0.29, 0.717) is 5.82 Å². The van der Waals surface area contributed by atoms with E-state index in [2.05, 4.69) is 32.7 Å². The minimum Gasteiger partial charge on any atom is -0.478 e. The van der Waals surface area contributed by atoms with Crippen LogP contribution in [0.2, 0.25) is 5.02 Å². The molecule has 0 radical (unpaired) electrons. The van der Waals surface area contributed by atoms with E-state index in [4.69, 9.17) is 16.7 Å². The number of aromatic carboxylic acids is 1. The highest BCUT2D eigenvalue weighted by molar-refractivity contribution is 14.1. The molecule has 0 saturated carbocycles. The normalized spacial score (nSPS) is 10.4. The molecule has 82 valence electrons. The first kappa shape index (κ1) is 11.3. The van der Waals surface area contributed by atoms with Gasteiger partial charge in [-0.3, -0.25) is 0 Å². The molecule has 0 aliphatic rings. The van der Waals surface area contributed by atoms with Gasteiger partial charge in [0, 0.05) is 12.4 Å². The van der Waals surface area contributed by atoms with E-state index in [9.17, 15) is 4.79 Å². The van der Waals surface area contributed by atoms with E-state index in [1.807, 2.05) is 0 Å². The van der Waals surface area contributed by atoms with Crippen molar-refractivity contribution in [1.82, 2.24) is 14.8 Å². The Kier molecular flexibility index (Phi) is 3.10. The van der Waals surface area contributed by atoms with E-state index in [1.165, 1.54) is 16.9 Å². The van der Waals surface area contributed by atoms with Crippen molar-refractivity contribution in [3.05, 3.63) is 38.8 Å². The van der Waals surface area contributed by atoms with Crippen LogP contribution in [0.3, 0.4) is 0 Å². The van der Waals surface area contributed by atoms with Crippen molar-refractivity contribution >= 4 is 40.2 Å². The second kappa shape index (κ2) is 4.38. The van der Waals surface area contributed by atoms with Crippen LogP contribution in [-0.4, -0.2) is 25.8 Å².